The molecule has 1 amide bonds. The van der Waals surface area contributed by atoms with Gasteiger partial charge in [0.05, 0.1) is 5.69 Å². The third-order valence-electron chi connectivity index (χ3n) is 2.75. The van der Waals surface area contributed by atoms with Crippen LogP contribution >= 0.6 is 0 Å². The molecule has 2 N–H and O–H groups in total. The maximum absolute atomic E-state index is 11.8. The standard InChI is InChI=1S/C10H13N3O3/c1-6-5-7(13(2)12-6)8(14)11-10(3-4-10)9(15)16/h5H,3-4H2,1-2H3,(H,11,14)(H,15,16). The van der Waals surface area contributed by atoms with E-state index in [1.165, 1.54) is 4.68 Å². The molecule has 0 aromatic carbocycles. The maximum Gasteiger partial charge on any atom is 0.329 e. The van der Waals surface area contributed by atoms with Gasteiger partial charge in [-0.3, -0.25) is 9.48 Å². The molecule has 16 heavy (non-hydrogen) atoms. The molecule has 0 aliphatic heterocycles. The predicted molar refractivity (Wildman–Crippen MR) is 55.0 cm³/mol. The first-order chi connectivity index (χ1) is 7.44. The van der Waals surface area contributed by atoms with Crippen LogP contribution in [0.4, 0.5) is 0 Å². The summed E-state index contributed by atoms with van der Waals surface area (Å²) in [4.78, 5) is 22.7. The summed E-state index contributed by atoms with van der Waals surface area (Å²) in [6.45, 7) is 1.78. The molecule has 1 aromatic rings. The van der Waals surface area contributed by atoms with Crippen LogP contribution in [-0.4, -0.2) is 32.3 Å². The van der Waals surface area contributed by atoms with Crippen molar-refractivity contribution in [2.45, 2.75) is 25.3 Å². The zero-order valence-electron chi connectivity index (χ0n) is 9.15. The lowest BCUT2D eigenvalue weighted by molar-refractivity contribution is -0.140. The number of carboxylic acids is 1. The minimum atomic E-state index is -1.05. The second-order valence-corrected chi connectivity index (χ2v) is 4.14. The zero-order valence-corrected chi connectivity index (χ0v) is 9.15. The Bertz CT molecular complexity index is 460. The SMILES string of the molecule is Cc1cc(C(=O)NC2(C(=O)O)CC2)n(C)n1. The number of rotatable bonds is 3. The van der Waals surface area contributed by atoms with Gasteiger partial charge in [0.15, 0.2) is 0 Å². The Morgan fingerprint density at radius 2 is 2.19 bits per heavy atom. The smallest absolute Gasteiger partial charge is 0.329 e. The van der Waals surface area contributed by atoms with E-state index < -0.39 is 11.5 Å². The molecule has 2 rings (SSSR count). The van der Waals surface area contributed by atoms with Crippen molar-refractivity contribution in [3.05, 3.63) is 17.5 Å². The summed E-state index contributed by atoms with van der Waals surface area (Å²) in [7, 11) is 1.66. The average molecular weight is 223 g/mol. The first kappa shape index (κ1) is 10.7. The molecule has 0 unspecified atom stereocenters. The molecule has 1 saturated carbocycles. The van der Waals surface area contributed by atoms with Crippen molar-refractivity contribution in [3.63, 3.8) is 0 Å². The van der Waals surface area contributed by atoms with Crippen LogP contribution in [0, 0.1) is 6.92 Å². The van der Waals surface area contributed by atoms with Gasteiger partial charge in [0.1, 0.15) is 11.2 Å². The summed E-state index contributed by atoms with van der Waals surface area (Å²) < 4.78 is 1.45. The zero-order chi connectivity index (χ0) is 11.9. The van der Waals surface area contributed by atoms with E-state index in [0.717, 1.165) is 5.69 Å². The van der Waals surface area contributed by atoms with E-state index in [0.29, 0.717) is 18.5 Å². The highest BCUT2D eigenvalue weighted by molar-refractivity contribution is 5.97. The fourth-order valence-electron chi connectivity index (χ4n) is 1.62. The molecule has 6 nitrogen and oxygen atoms in total. The van der Waals surface area contributed by atoms with Crippen LogP contribution in [0.15, 0.2) is 6.07 Å². The molecule has 1 fully saturated rings. The maximum atomic E-state index is 11.8. The van der Waals surface area contributed by atoms with Crippen molar-refractivity contribution >= 4 is 11.9 Å². The fourth-order valence-corrected chi connectivity index (χ4v) is 1.62. The number of aryl methyl sites for hydroxylation is 2. The van der Waals surface area contributed by atoms with Crippen LogP contribution in [0.3, 0.4) is 0 Å². The number of amides is 1. The van der Waals surface area contributed by atoms with Gasteiger partial charge in [0.25, 0.3) is 5.91 Å². The molecule has 0 bridgehead atoms. The minimum absolute atomic E-state index is 0.380. The lowest BCUT2D eigenvalue weighted by atomic mass is 10.2. The van der Waals surface area contributed by atoms with Crippen molar-refractivity contribution in [3.8, 4) is 0 Å². The van der Waals surface area contributed by atoms with Crippen LogP contribution in [0.25, 0.3) is 0 Å². The third-order valence-corrected chi connectivity index (χ3v) is 2.75. The van der Waals surface area contributed by atoms with Crippen molar-refractivity contribution in [2.24, 2.45) is 7.05 Å². The van der Waals surface area contributed by atoms with Gasteiger partial charge in [-0.05, 0) is 25.8 Å². The molecule has 86 valence electrons. The number of carboxylic acid groups (broad SMARTS) is 1. The Morgan fingerprint density at radius 1 is 1.56 bits per heavy atom. The Hall–Kier alpha value is -1.85. The Kier molecular flexibility index (Phi) is 2.22. The van der Waals surface area contributed by atoms with Gasteiger partial charge in [0, 0.05) is 7.05 Å². The number of hydrogen-bond donors (Lipinski definition) is 2. The first-order valence-electron chi connectivity index (χ1n) is 5.01. The number of carbonyl (C=O) groups is 2. The lowest BCUT2D eigenvalue weighted by Crippen LogP contribution is -2.43. The van der Waals surface area contributed by atoms with E-state index >= 15 is 0 Å². The summed E-state index contributed by atoms with van der Waals surface area (Å²) in [5.74, 6) is -1.36. The van der Waals surface area contributed by atoms with Crippen LogP contribution < -0.4 is 5.32 Å². The Labute approximate surface area is 92.3 Å². The first-order valence-corrected chi connectivity index (χ1v) is 5.01. The van der Waals surface area contributed by atoms with E-state index in [-0.39, 0.29) is 5.91 Å². The van der Waals surface area contributed by atoms with Crippen LogP contribution in [0.1, 0.15) is 29.0 Å². The second kappa shape index (κ2) is 3.33. The number of hydrogen-bond acceptors (Lipinski definition) is 3. The highest BCUT2D eigenvalue weighted by Gasteiger charge is 2.51. The normalized spacial score (nSPS) is 16.9. The largest absolute Gasteiger partial charge is 0.480 e. The monoisotopic (exact) mass is 223 g/mol. The molecule has 0 atom stereocenters. The summed E-state index contributed by atoms with van der Waals surface area (Å²) in [6, 6.07) is 1.63. The van der Waals surface area contributed by atoms with Crippen molar-refractivity contribution in [1.82, 2.24) is 15.1 Å². The van der Waals surface area contributed by atoms with E-state index in [1.54, 1.807) is 20.0 Å². The molecule has 1 aliphatic rings. The van der Waals surface area contributed by atoms with Crippen LogP contribution in [-0.2, 0) is 11.8 Å². The predicted octanol–water partition coefficient (Wildman–Crippen LogP) is 0.0755. The van der Waals surface area contributed by atoms with Crippen molar-refractivity contribution in [2.75, 3.05) is 0 Å². The van der Waals surface area contributed by atoms with E-state index in [9.17, 15) is 9.59 Å². The fraction of sp³-hybridized carbons (Fsp3) is 0.500. The quantitative estimate of drug-likeness (QED) is 0.759. The highest BCUT2D eigenvalue weighted by atomic mass is 16.4. The van der Waals surface area contributed by atoms with Crippen LogP contribution in [0.5, 0.6) is 0 Å². The number of aliphatic carboxylic acids is 1. The summed E-state index contributed by atoms with van der Waals surface area (Å²) in [5, 5.41) is 15.5. The molecule has 0 saturated heterocycles. The van der Waals surface area contributed by atoms with Gasteiger partial charge in [0.2, 0.25) is 0 Å². The molecule has 1 heterocycles. The molecular weight excluding hydrogens is 210 g/mol. The number of carbonyl (C=O) groups excluding carboxylic acids is 1. The number of nitrogens with zero attached hydrogens (tertiary/aromatic N) is 2. The van der Waals surface area contributed by atoms with Gasteiger partial charge in [-0.15, -0.1) is 0 Å². The van der Waals surface area contributed by atoms with Crippen LogP contribution in [0.2, 0.25) is 0 Å². The highest BCUT2D eigenvalue weighted by Crippen LogP contribution is 2.35. The van der Waals surface area contributed by atoms with Gasteiger partial charge in [-0.25, -0.2) is 4.79 Å². The minimum Gasteiger partial charge on any atom is -0.480 e. The topological polar surface area (TPSA) is 84.2 Å². The Balaban J connectivity index is 2.15. The van der Waals surface area contributed by atoms with Gasteiger partial charge in [-0.1, -0.05) is 0 Å². The summed E-state index contributed by atoms with van der Waals surface area (Å²) in [6.07, 6.45) is 0.982. The Morgan fingerprint density at radius 3 is 2.56 bits per heavy atom. The van der Waals surface area contributed by atoms with E-state index in [2.05, 4.69) is 10.4 Å². The average Bonchev–Trinajstić information content (AvgIpc) is 2.87. The molecule has 0 spiro atoms. The lowest BCUT2D eigenvalue weighted by Gasteiger charge is -2.11. The number of nitrogens with one attached hydrogen (secondary N) is 1. The molecule has 1 aliphatic carbocycles. The second-order valence-electron chi connectivity index (χ2n) is 4.14. The van der Waals surface area contributed by atoms with Gasteiger partial charge >= 0.3 is 5.97 Å². The van der Waals surface area contributed by atoms with Crippen molar-refractivity contribution in [1.29, 1.82) is 0 Å². The third kappa shape index (κ3) is 1.66. The summed E-state index contributed by atoms with van der Waals surface area (Å²) in [5.41, 5.74) is 0.0627. The summed E-state index contributed by atoms with van der Waals surface area (Å²) >= 11 is 0. The molecule has 0 radical (unpaired) electrons. The molecular formula is C10H13N3O3. The molecule has 6 heteroatoms. The number of aromatic nitrogens is 2. The van der Waals surface area contributed by atoms with E-state index in [1.807, 2.05) is 0 Å². The van der Waals surface area contributed by atoms with Crippen molar-refractivity contribution < 1.29 is 14.7 Å². The van der Waals surface area contributed by atoms with E-state index in [4.69, 9.17) is 5.11 Å². The van der Waals surface area contributed by atoms with Gasteiger partial charge in [-0.2, -0.15) is 5.10 Å². The molecule has 1 aromatic heterocycles. The van der Waals surface area contributed by atoms with Gasteiger partial charge < -0.3 is 10.4 Å².